The van der Waals surface area contributed by atoms with Gasteiger partial charge >= 0.3 is 0 Å². The lowest BCUT2D eigenvalue weighted by molar-refractivity contribution is -0.126. The van der Waals surface area contributed by atoms with Crippen LogP contribution in [0.4, 0.5) is 23.3 Å². The summed E-state index contributed by atoms with van der Waals surface area (Å²) in [6.45, 7) is 4.32. The molecule has 0 spiro atoms. The largest absolute Gasteiger partial charge is 0.333 e. The number of pyridine rings is 1. The molecule has 3 N–H and O–H groups in total. The number of hydrogen-bond acceptors (Lipinski definition) is 10. The van der Waals surface area contributed by atoms with Gasteiger partial charge in [0.2, 0.25) is 11.7 Å². The Morgan fingerprint density at radius 2 is 1.62 bits per heavy atom. The van der Waals surface area contributed by atoms with E-state index < -0.39 is 11.7 Å². The topological polar surface area (TPSA) is 138 Å². The summed E-state index contributed by atoms with van der Waals surface area (Å²) in [6.07, 6.45) is 3.25. The highest BCUT2D eigenvalue weighted by Crippen LogP contribution is 2.20. The molecular weight excluding hydrogens is 470 g/mol. The minimum absolute atomic E-state index is 0.307. The molecule has 0 saturated carbocycles. The van der Waals surface area contributed by atoms with Crippen molar-refractivity contribution >= 4 is 35.0 Å². The third-order valence-electron chi connectivity index (χ3n) is 5.66. The second-order valence-electron chi connectivity index (χ2n) is 8.40. The van der Waals surface area contributed by atoms with Gasteiger partial charge in [-0.15, -0.1) is 0 Å². The summed E-state index contributed by atoms with van der Waals surface area (Å²) in [5.41, 5.74) is 2.45. The van der Waals surface area contributed by atoms with Gasteiger partial charge in [0.05, 0.1) is 0 Å². The Hall–Kier alpha value is -4.77. The zero-order valence-corrected chi connectivity index (χ0v) is 20.2. The smallest absolute Gasteiger partial charge is 0.295 e. The first-order chi connectivity index (χ1) is 18.0. The highest BCUT2D eigenvalue weighted by Gasteiger charge is 2.24. The Balaban J connectivity index is 1.28. The van der Waals surface area contributed by atoms with Gasteiger partial charge in [-0.2, -0.15) is 4.98 Å². The van der Waals surface area contributed by atoms with Crippen molar-refractivity contribution in [3.63, 3.8) is 0 Å². The molecule has 0 bridgehead atoms. The summed E-state index contributed by atoms with van der Waals surface area (Å²) in [7, 11) is 0. The molecule has 1 saturated heterocycles. The third kappa shape index (κ3) is 5.90. The quantitative estimate of drug-likeness (QED) is 0.259. The van der Waals surface area contributed by atoms with Crippen molar-refractivity contribution < 1.29 is 9.59 Å². The number of carbonyl (C=O) groups is 2. The number of ketones is 1. The number of aryl methyl sites for hydroxylation is 1. The third-order valence-corrected chi connectivity index (χ3v) is 5.66. The molecule has 0 radical (unpaired) electrons. The van der Waals surface area contributed by atoms with Crippen LogP contribution in [0.1, 0.15) is 16.1 Å². The molecule has 11 nitrogen and oxygen atoms in total. The van der Waals surface area contributed by atoms with E-state index in [4.69, 9.17) is 0 Å². The fourth-order valence-electron chi connectivity index (χ4n) is 3.84. The standard InChI is InChI=1S/C26H25N9O2/c1-17-4-2-7-20(30-17)24-28-10-8-21(33-24)32-22-9-11-29-26(34-22)31-19-6-3-5-18(16-19)23(36)25(37)35-14-12-27-13-15-35/h2-11,16,27H,12-15H2,1H3,(H2,28,29,31,32,33,34). The zero-order valence-electron chi connectivity index (χ0n) is 20.2. The van der Waals surface area contributed by atoms with Gasteiger partial charge in [-0.3, -0.25) is 9.59 Å². The molecule has 37 heavy (non-hydrogen) atoms. The molecule has 1 aromatic carbocycles. The van der Waals surface area contributed by atoms with Crippen LogP contribution in [0.15, 0.2) is 67.0 Å². The van der Waals surface area contributed by atoms with E-state index in [0.717, 1.165) is 5.69 Å². The molecule has 4 heterocycles. The van der Waals surface area contributed by atoms with Crippen molar-refractivity contribution in [2.45, 2.75) is 6.92 Å². The van der Waals surface area contributed by atoms with Gasteiger partial charge in [0.25, 0.3) is 5.91 Å². The fourth-order valence-corrected chi connectivity index (χ4v) is 3.84. The number of Topliss-reactive ketones (excluding diaryl/α,β-unsaturated/α-hetero) is 1. The summed E-state index contributed by atoms with van der Waals surface area (Å²) in [4.78, 5) is 49.0. The average molecular weight is 496 g/mol. The Labute approximate surface area is 213 Å². The fraction of sp³-hybridized carbons (Fsp3) is 0.192. The maximum Gasteiger partial charge on any atom is 0.295 e. The Kier molecular flexibility index (Phi) is 7.04. The number of amides is 1. The molecule has 5 rings (SSSR count). The first kappa shape index (κ1) is 23.9. The molecule has 186 valence electrons. The van der Waals surface area contributed by atoms with E-state index in [-0.39, 0.29) is 0 Å². The van der Waals surface area contributed by atoms with Crippen LogP contribution in [0, 0.1) is 6.92 Å². The normalized spacial score (nSPS) is 13.2. The van der Waals surface area contributed by atoms with Gasteiger partial charge in [-0.25, -0.2) is 19.9 Å². The highest BCUT2D eigenvalue weighted by molar-refractivity contribution is 6.42. The lowest BCUT2D eigenvalue weighted by Gasteiger charge is -2.26. The van der Waals surface area contributed by atoms with Gasteiger partial charge in [0.1, 0.15) is 17.3 Å². The van der Waals surface area contributed by atoms with Crippen molar-refractivity contribution in [3.8, 4) is 11.5 Å². The Bertz CT molecular complexity index is 1440. The summed E-state index contributed by atoms with van der Waals surface area (Å²) in [6, 6.07) is 15.9. The molecule has 0 atom stereocenters. The number of nitrogens with one attached hydrogen (secondary N) is 3. The summed E-state index contributed by atoms with van der Waals surface area (Å²) < 4.78 is 0. The maximum atomic E-state index is 12.8. The molecule has 0 aliphatic carbocycles. The van der Waals surface area contributed by atoms with Crippen molar-refractivity contribution in [1.82, 2.24) is 35.1 Å². The van der Waals surface area contributed by atoms with E-state index in [2.05, 4.69) is 40.9 Å². The van der Waals surface area contributed by atoms with Crippen LogP contribution in [0.2, 0.25) is 0 Å². The summed E-state index contributed by atoms with van der Waals surface area (Å²) in [5, 5.41) is 9.42. The predicted octanol–water partition coefficient (Wildman–Crippen LogP) is 2.74. The molecule has 4 aromatic rings. The minimum Gasteiger partial charge on any atom is -0.333 e. The number of anilines is 4. The van der Waals surface area contributed by atoms with Crippen LogP contribution in [-0.4, -0.2) is 67.7 Å². The Morgan fingerprint density at radius 3 is 2.43 bits per heavy atom. The highest BCUT2D eigenvalue weighted by atomic mass is 16.2. The van der Waals surface area contributed by atoms with Crippen molar-refractivity contribution in [3.05, 3.63) is 78.2 Å². The van der Waals surface area contributed by atoms with Crippen molar-refractivity contribution in [2.24, 2.45) is 0 Å². The lowest BCUT2D eigenvalue weighted by Crippen LogP contribution is -2.48. The van der Waals surface area contributed by atoms with Crippen molar-refractivity contribution in [1.29, 1.82) is 0 Å². The molecule has 1 aliphatic rings. The lowest BCUT2D eigenvalue weighted by atomic mass is 10.1. The van der Waals surface area contributed by atoms with E-state index in [1.54, 1.807) is 53.7 Å². The maximum absolute atomic E-state index is 12.8. The molecular formula is C26H25N9O2. The molecule has 1 fully saturated rings. The second-order valence-corrected chi connectivity index (χ2v) is 8.40. The number of benzene rings is 1. The monoisotopic (exact) mass is 495 g/mol. The number of rotatable bonds is 7. The number of aromatic nitrogens is 5. The molecule has 1 amide bonds. The van der Waals surface area contributed by atoms with Crippen molar-refractivity contribution in [2.75, 3.05) is 36.8 Å². The zero-order chi connectivity index (χ0) is 25.6. The van der Waals surface area contributed by atoms with E-state index in [0.29, 0.717) is 66.5 Å². The van der Waals surface area contributed by atoms with Gasteiger partial charge in [-0.05, 0) is 43.3 Å². The van der Waals surface area contributed by atoms with E-state index in [9.17, 15) is 9.59 Å². The summed E-state index contributed by atoms with van der Waals surface area (Å²) in [5.74, 6) is 0.851. The number of piperazine rings is 1. The molecule has 0 unspecified atom stereocenters. The van der Waals surface area contributed by atoms with Gasteiger partial charge < -0.3 is 20.9 Å². The van der Waals surface area contributed by atoms with Crippen LogP contribution in [0.3, 0.4) is 0 Å². The van der Waals surface area contributed by atoms with E-state index in [1.807, 2.05) is 25.1 Å². The Morgan fingerprint density at radius 1 is 0.865 bits per heavy atom. The van der Waals surface area contributed by atoms with Gasteiger partial charge in [0.15, 0.2) is 5.82 Å². The van der Waals surface area contributed by atoms with E-state index >= 15 is 0 Å². The number of nitrogens with zero attached hydrogens (tertiary/aromatic N) is 6. The number of carbonyl (C=O) groups excluding carboxylic acids is 2. The van der Waals surface area contributed by atoms with Crippen LogP contribution in [0.5, 0.6) is 0 Å². The first-order valence-electron chi connectivity index (χ1n) is 11.8. The van der Waals surface area contributed by atoms with Crippen LogP contribution in [-0.2, 0) is 4.79 Å². The molecule has 3 aromatic heterocycles. The van der Waals surface area contributed by atoms with Crippen LogP contribution < -0.4 is 16.0 Å². The SMILES string of the molecule is Cc1cccc(-c2nccc(Nc3ccnc(Nc4cccc(C(=O)C(=O)N5CCNCC5)c4)n3)n2)n1. The van der Waals surface area contributed by atoms with Crippen LogP contribution in [0.25, 0.3) is 11.5 Å². The molecule has 1 aliphatic heterocycles. The van der Waals surface area contributed by atoms with Gasteiger partial charge in [-0.1, -0.05) is 18.2 Å². The molecule has 11 heteroatoms. The van der Waals surface area contributed by atoms with Crippen LogP contribution >= 0.6 is 0 Å². The second kappa shape index (κ2) is 10.9. The summed E-state index contributed by atoms with van der Waals surface area (Å²) >= 11 is 0. The van der Waals surface area contributed by atoms with Gasteiger partial charge in [0, 0.05) is 55.5 Å². The predicted molar refractivity (Wildman–Crippen MR) is 139 cm³/mol. The first-order valence-corrected chi connectivity index (χ1v) is 11.8. The minimum atomic E-state index is -0.537. The average Bonchev–Trinajstić information content (AvgIpc) is 2.93. The van der Waals surface area contributed by atoms with E-state index in [1.165, 1.54) is 0 Å². The number of hydrogen-bond donors (Lipinski definition) is 3.